The minimum Gasteiger partial charge on any atom is -0.483 e. The Bertz CT molecular complexity index is 2390. The van der Waals surface area contributed by atoms with Gasteiger partial charge in [-0.15, -0.1) is 10.2 Å². The van der Waals surface area contributed by atoms with Crippen LogP contribution < -0.4 is 25.6 Å². The highest BCUT2D eigenvalue weighted by atomic mass is 16.5. The molecule has 3 N–H and O–H groups in total. The first kappa shape index (κ1) is 38.7. The molecule has 0 spiro atoms. The molecule has 3 aliphatic heterocycles. The molecular weight excluding hydrogens is 761 g/mol. The van der Waals surface area contributed by atoms with Crippen molar-refractivity contribution in [1.29, 1.82) is 0 Å². The molecule has 6 heterocycles. The summed E-state index contributed by atoms with van der Waals surface area (Å²) in [5.41, 5.74) is 3.39. The lowest BCUT2D eigenvalue weighted by Gasteiger charge is -2.36. The maximum absolute atomic E-state index is 13.2. The summed E-state index contributed by atoms with van der Waals surface area (Å²) in [4.78, 5) is 85.4. The van der Waals surface area contributed by atoms with Crippen LogP contribution in [0.15, 0.2) is 77.8 Å². The second kappa shape index (κ2) is 17.2. The number of piperidine rings is 1. The summed E-state index contributed by atoms with van der Waals surface area (Å²) in [6.07, 6.45) is 7.62. The molecule has 18 heteroatoms. The summed E-state index contributed by atoms with van der Waals surface area (Å²) in [6.45, 7) is 3.21. The Kier molecular flexibility index (Phi) is 11.3. The standard InChI is InChI=1S/C41H42N10O8/c52-33-15-14-30(39(55)46-33)51-40(56)29-7-4-8-31(36(29)41(51)57)59-24-34(53)42-16-3-1-2-9-35(54)49-19-17-48(18-20-49)27-12-10-26(11-13-27)37-38-47-45-25-50(38)32(23-44-37)43-22-28-6-5-21-58-28/h4-8,10-13,21,23,25,30,43H,1-3,9,14-20,22,24H2,(H,42,53)(H,46,52,55). The van der Waals surface area contributed by atoms with Crippen LogP contribution in [0.1, 0.15) is 65.0 Å². The molecule has 1 atom stereocenters. The van der Waals surface area contributed by atoms with Crippen LogP contribution in [0.4, 0.5) is 11.5 Å². The highest BCUT2D eigenvalue weighted by Crippen LogP contribution is 2.34. The van der Waals surface area contributed by atoms with E-state index in [4.69, 9.17) is 9.15 Å². The average molecular weight is 803 g/mol. The van der Waals surface area contributed by atoms with Crippen molar-refractivity contribution in [3.8, 4) is 17.0 Å². The quantitative estimate of drug-likeness (QED) is 0.103. The van der Waals surface area contributed by atoms with E-state index in [1.165, 1.54) is 18.2 Å². The van der Waals surface area contributed by atoms with Crippen molar-refractivity contribution in [3.63, 3.8) is 0 Å². The summed E-state index contributed by atoms with van der Waals surface area (Å²) in [6, 6.07) is 15.3. The number of hydrogen-bond acceptors (Lipinski definition) is 13. The molecule has 304 valence electrons. The minimum absolute atomic E-state index is 0.0117. The highest BCUT2D eigenvalue weighted by Gasteiger charge is 2.46. The number of piperazine rings is 1. The third-order valence-corrected chi connectivity index (χ3v) is 10.7. The third-order valence-electron chi connectivity index (χ3n) is 10.7. The van der Waals surface area contributed by atoms with E-state index in [0.717, 1.165) is 52.9 Å². The molecule has 6 amide bonds. The van der Waals surface area contributed by atoms with Crippen LogP contribution in [0, 0.1) is 0 Å². The summed E-state index contributed by atoms with van der Waals surface area (Å²) in [5.74, 6) is -1.20. The number of imide groups is 2. The number of benzene rings is 2. The van der Waals surface area contributed by atoms with Gasteiger partial charge in [-0.2, -0.15) is 0 Å². The molecule has 2 aromatic carbocycles. The monoisotopic (exact) mass is 802 g/mol. The van der Waals surface area contributed by atoms with E-state index in [-0.39, 0.29) is 42.2 Å². The number of nitrogens with zero attached hydrogens (tertiary/aromatic N) is 7. The van der Waals surface area contributed by atoms with E-state index in [1.54, 1.807) is 18.8 Å². The second-order valence-corrected chi connectivity index (χ2v) is 14.4. The first-order valence-electron chi connectivity index (χ1n) is 19.6. The topological polar surface area (TPSA) is 214 Å². The predicted molar refractivity (Wildman–Crippen MR) is 211 cm³/mol. The van der Waals surface area contributed by atoms with Crippen molar-refractivity contribution in [2.24, 2.45) is 0 Å². The fourth-order valence-corrected chi connectivity index (χ4v) is 7.55. The number of rotatable bonds is 15. The summed E-state index contributed by atoms with van der Waals surface area (Å²) in [7, 11) is 0. The van der Waals surface area contributed by atoms with Gasteiger partial charge in [0, 0.05) is 56.8 Å². The molecule has 8 rings (SSSR count). The van der Waals surface area contributed by atoms with E-state index in [2.05, 4.69) is 48.2 Å². The number of nitrogens with one attached hydrogen (secondary N) is 3. The number of hydrogen-bond donors (Lipinski definition) is 3. The van der Waals surface area contributed by atoms with Gasteiger partial charge >= 0.3 is 0 Å². The molecule has 2 fully saturated rings. The van der Waals surface area contributed by atoms with Crippen molar-refractivity contribution in [2.45, 2.75) is 51.1 Å². The van der Waals surface area contributed by atoms with Crippen LogP contribution in [0.5, 0.6) is 5.75 Å². The van der Waals surface area contributed by atoms with Gasteiger partial charge in [0.25, 0.3) is 17.7 Å². The van der Waals surface area contributed by atoms with Crippen LogP contribution in [-0.4, -0.2) is 110 Å². The molecule has 18 nitrogen and oxygen atoms in total. The number of fused-ring (bicyclic) bond motifs is 2. The Hall–Kier alpha value is -7.11. The van der Waals surface area contributed by atoms with Gasteiger partial charge in [-0.1, -0.05) is 24.6 Å². The lowest BCUT2D eigenvalue weighted by molar-refractivity contribution is -0.136. The van der Waals surface area contributed by atoms with Crippen molar-refractivity contribution in [2.75, 3.05) is 49.5 Å². The fourth-order valence-electron chi connectivity index (χ4n) is 7.55. The lowest BCUT2D eigenvalue weighted by atomic mass is 10.0. The van der Waals surface area contributed by atoms with Crippen LogP contribution >= 0.6 is 0 Å². The van der Waals surface area contributed by atoms with Crippen LogP contribution in [-0.2, 0) is 25.7 Å². The molecule has 5 aromatic rings. The van der Waals surface area contributed by atoms with Gasteiger partial charge in [0.2, 0.25) is 17.7 Å². The molecule has 3 aliphatic rings. The SMILES string of the molecule is O=C(COc1cccc2c1C(=O)N(C1CCC(=O)NC1=O)C2=O)NCCCCCC(=O)N1CCN(c2ccc(-c3ncc(NCc4ccco4)n4cnnc34)cc2)CC1. The van der Waals surface area contributed by atoms with E-state index in [0.29, 0.717) is 51.1 Å². The molecule has 0 radical (unpaired) electrons. The van der Waals surface area contributed by atoms with E-state index >= 15 is 0 Å². The highest BCUT2D eigenvalue weighted by molar-refractivity contribution is 6.24. The number of carbonyl (C=O) groups excluding carboxylic acids is 6. The average Bonchev–Trinajstić information content (AvgIpc) is 4.02. The number of aromatic nitrogens is 4. The van der Waals surface area contributed by atoms with Gasteiger partial charge in [-0.05, 0) is 55.7 Å². The Morgan fingerprint density at radius 2 is 1.76 bits per heavy atom. The number of furan rings is 1. The smallest absolute Gasteiger partial charge is 0.266 e. The van der Waals surface area contributed by atoms with Gasteiger partial charge in [-0.3, -0.25) is 43.4 Å². The van der Waals surface area contributed by atoms with Crippen LogP contribution in [0.2, 0.25) is 0 Å². The predicted octanol–water partition coefficient (Wildman–Crippen LogP) is 2.80. The third kappa shape index (κ3) is 8.32. The zero-order chi connectivity index (χ0) is 40.9. The molecule has 2 saturated heterocycles. The van der Waals surface area contributed by atoms with E-state index < -0.39 is 35.6 Å². The maximum Gasteiger partial charge on any atom is 0.266 e. The maximum atomic E-state index is 13.2. The molecule has 0 aliphatic carbocycles. The van der Waals surface area contributed by atoms with Crippen molar-refractivity contribution in [3.05, 3.63) is 90.3 Å². The Morgan fingerprint density at radius 3 is 2.54 bits per heavy atom. The Morgan fingerprint density at radius 1 is 0.932 bits per heavy atom. The molecular formula is C41H42N10O8. The molecule has 3 aromatic heterocycles. The summed E-state index contributed by atoms with van der Waals surface area (Å²) < 4.78 is 12.9. The van der Waals surface area contributed by atoms with Gasteiger partial charge in [0.05, 0.1) is 30.1 Å². The van der Waals surface area contributed by atoms with Gasteiger partial charge < -0.3 is 29.6 Å². The van der Waals surface area contributed by atoms with Crippen molar-refractivity contribution < 1.29 is 37.9 Å². The lowest BCUT2D eigenvalue weighted by Crippen LogP contribution is -2.54. The summed E-state index contributed by atoms with van der Waals surface area (Å²) >= 11 is 0. The van der Waals surface area contributed by atoms with Crippen LogP contribution in [0.25, 0.3) is 16.9 Å². The van der Waals surface area contributed by atoms with E-state index in [1.807, 2.05) is 33.6 Å². The molecule has 59 heavy (non-hydrogen) atoms. The first-order chi connectivity index (χ1) is 28.7. The van der Waals surface area contributed by atoms with E-state index in [9.17, 15) is 28.8 Å². The van der Waals surface area contributed by atoms with Gasteiger partial charge in [0.15, 0.2) is 12.3 Å². The number of amides is 6. The normalized spacial score (nSPS) is 16.7. The zero-order valence-corrected chi connectivity index (χ0v) is 32.1. The minimum atomic E-state index is -1.10. The van der Waals surface area contributed by atoms with Crippen molar-refractivity contribution >= 4 is 52.6 Å². The van der Waals surface area contributed by atoms with Crippen molar-refractivity contribution in [1.82, 2.24) is 40.0 Å². The van der Waals surface area contributed by atoms with Crippen LogP contribution in [0.3, 0.4) is 0 Å². The fraction of sp³-hybridized carbons (Fsp3) is 0.341. The Balaban J connectivity index is 0.730. The molecule has 1 unspecified atom stereocenters. The first-order valence-corrected chi connectivity index (χ1v) is 19.6. The van der Waals surface area contributed by atoms with Gasteiger partial charge in [0.1, 0.15) is 35.4 Å². The molecule has 0 bridgehead atoms. The Labute approximate surface area is 337 Å². The van der Waals surface area contributed by atoms with Gasteiger partial charge in [-0.25, -0.2) is 4.98 Å². The second-order valence-electron chi connectivity index (χ2n) is 14.4. The number of ether oxygens (including phenoxy) is 1. The summed E-state index contributed by atoms with van der Waals surface area (Å²) in [5, 5.41) is 16.7. The number of unbranched alkanes of at least 4 members (excludes halogenated alkanes) is 2. The number of carbonyl (C=O) groups is 6. The zero-order valence-electron chi connectivity index (χ0n) is 32.1. The largest absolute Gasteiger partial charge is 0.483 e. The number of anilines is 2. The molecule has 0 saturated carbocycles.